The van der Waals surface area contributed by atoms with E-state index in [4.69, 9.17) is 33.8 Å². The Kier molecular flexibility index (Phi) is 8.35. The van der Waals surface area contributed by atoms with Crippen LogP contribution in [0.2, 0.25) is 0 Å². The van der Waals surface area contributed by atoms with Crippen molar-refractivity contribution in [1.82, 2.24) is 24.9 Å². The van der Waals surface area contributed by atoms with Gasteiger partial charge in [0.05, 0.1) is 11.1 Å². The number of nitrogens with zero attached hydrogens (tertiary/aromatic N) is 5. The molecule has 0 radical (unpaired) electrons. The minimum atomic E-state index is 0.559. The summed E-state index contributed by atoms with van der Waals surface area (Å²) in [4.78, 5) is 24.8. The fourth-order valence-electron chi connectivity index (χ4n) is 8.39. The van der Waals surface area contributed by atoms with Crippen molar-refractivity contribution in [2.45, 2.75) is 0 Å². The highest BCUT2D eigenvalue weighted by atomic mass is 16.3. The largest absolute Gasteiger partial charge is 0.456 e. The fourth-order valence-corrected chi connectivity index (χ4v) is 8.39. The molecule has 12 aromatic rings. The Bertz CT molecular complexity index is 3570. The quantitative estimate of drug-likeness (QED) is 0.159. The summed E-state index contributed by atoms with van der Waals surface area (Å²) >= 11 is 0. The Morgan fingerprint density at radius 1 is 0.274 bits per heavy atom. The molecule has 0 aliphatic heterocycles. The third-order valence-electron chi connectivity index (χ3n) is 11.4. The van der Waals surface area contributed by atoms with Crippen molar-refractivity contribution in [3.8, 4) is 79.1 Å². The van der Waals surface area contributed by atoms with Crippen LogP contribution < -0.4 is 0 Å². The van der Waals surface area contributed by atoms with E-state index in [9.17, 15) is 0 Å². The van der Waals surface area contributed by atoms with Crippen LogP contribution in [-0.4, -0.2) is 24.9 Å². The first-order valence-electron chi connectivity index (χ1n) is 20.5. The molecule has 7 heteroatoms. The molecule has 0 fully saturated rings. The summed E-state index contributed by atoms with van der Waals surface area (Å²) in [5.74, 6) is 2.43. The molecule has 0 spiro atoms. The normalized spacial score (nSPS) is 11.5. The van der Waals surface area contributed by atoms with Crippen molar-refractivity contribution in [2.75, 3.05) is 0 Å². The Morgan fingerprint density at radius 2 is 0.806 bits per heavy atom. The Labute approximate surface area is 355 Å². The number of fused-ring (bicyclic) bond motifs is 6. The van der Waals surface area contributed by atoms with Crippen molar-refractivity contribution < 1.29 is 8.83 Å². The van der Waals surface area contributed by atoms with Crippen LogP contribution >= 0.6 is 0 Å². The zero-order chi connectivity index (χ0) is 41.0. The molecule has 0 saturated heterocycles. The van der Waals surface area contributed by atoms with Crippen molar-refractivity contribution in [3.05, 3.63) is 200 Å². The molecule has 4 heterocycles. The predicted octanol–water partition coefficient (Wildman–Crippen LogP) is 14.1. The summed E-state index contributed by atoms with van der Waals surface area (Å²) in [6.07, 6.45) is 0. The molecule has 0 aliphatic rings. The number of furan rings is 2. The first-order valence-corrected chi connectivity index (χ1v) is 20.5. The first-order chi connectivity index (χ1) is 30.7. The number of rotatable bonds is 7. The van der Waals surface area contributed by atoms with Gasteiger partial charge >= 0.3 is 0 Å². The summed E-state index contributed by atoms with van der Waals surface area (Å²) in [7, 11) is 0. The van der Waals surface area contributed by atoms with Gasteiger partial charge in [-0.25, -0.2) is 19.9 Å². The van der Waals surface area contributed by atoms with Crippen LogP contribution in [0.1, 0.15) is 0 Å². The Balaban J connectivity index is 0.952. The fraction of sp³-hybridized carbons (Fsp3) is 0. The van der Waals surface area contributed by atoms with Crippen LogP contribution in [0.3, 0.4) is 0 Å². The Hall–Kier alpha value is -8.55. The minimum Gasteiger partial charge on any atom is -0.456 e. The van der Waals surface area contributed by atoms with E-state index in [2.05, 4.69) is 72.8 Å². The highest BCUT2D eigenvalue weighted by Gasteiger charge is 2.20. The van der Waals surface area contributed by atoms with E-state index in [-0.39, 0.29) is 0 Å². The maximum Gasteiger partial charge on any atom is 0.231 e. The summed E-state index contributed by atoms with van der Waals surface area (Å²) < 4.78 is 13.0. The number of hydrogen-bond acceptors (Lipinski definition) is 7. The average molecular weight is 796 g/mol. The SMILES string of the molecule is c1ccc(-c2nc(-c3ccccc3)nc(-c3ccc4c(c3)oc3cccc(-c5cccc(-c6ccc7oc8nc(-c9ccccc9)nc(-c9ccccc9)c8c7c6)c5)c34)n2)cc1. The van der Waals surface area contributed by atoms with Crippen molar-refractivity contribution in [2.24, 2.45) is 0 Å². The number of hydrogen-bond donors (Lipinski definition) is 0. The monoisotopic (exact) mass is 795 g/mol. The van der Waals surface area contributed by atoms with Gasteiger partial charge in [-0.1, -0.05) is 164 Å². The van der Waals surface area contributed by atoms with E-state index >= 15 is 0 Å². The van der Waals surface area contributed by atoms with E-state index in [0.29, 0.717) is 29.0 Å². The minimum absolute atomic E-state index is 0.559. The van der Waals surface area contributed by atoms with Crippen LogP contribution in [0.25, 0.3) is 123 Å². The molecular weight excluding hydrogens is 763 g/mol. The molecule has 0 amide bonds. The maximum atomic E-state index is 6.59. The summed E-state index contributed by atoms with van der Waals surface area (Å²) in [6, 6.07) is 67.8. The number of benzene rings is 8. The first kappa shape index (κ1) is 35.4. The van der Waals surface area contributed by atoms with Gasteiger partial charge in [0.1, 0.15) is 16.7 Å². The Morgan fingerprint density at radius 3 is 1.47 bits per heavy atom. The molecule has 12 rings (SSSR count). The molecular formula is C55H33N5O2. The zero-order valence-corrected chi connectivity index (χ0v) is 33.1. The third-order valence-corrected chi connectivity index (χ3v) is 11.4. The van der Waals surface area contributed by atoms with Gasteiger partial charge in [-0.3, -0.25) is 0 Å². The van der Waals surface area contributed by atoms with Crippen molar-refractivity contribution in [1.29, 1.82) is 0 Å². The molecule has 8 aromatic carbocycles. The molecule has 290 valence electrons. The van der Waals surface area contributed by atoms with Crippen LogP contribution in [0.5, 0.6) is 0 Å². The van der Waals surface area contributed by atoms with Crippen molar-refractivity contribution >= 4 is 44.0 Å². The molecule has 0 saturated carbocycles. The lowest BCUT2D eigenvalue weighted by Gasteiger charge is -2.09. The standard InChI is InChI=1S/C55H33N5O2/c1-5-15-34(16-6-1)50-49-44-32-39(28-30-45(44)62-55(49)60-51(56-50)35-17-7-2-8-18-35)38-23-13-24-40(31-38)42-25-14-26-46-48(42)43-29-27-41(33-47(43)61-46)54-58-52(36-19-9-3-10-20-36)57-53(59-54)37-21-11-4-12-22-37/h1-33H. The molecule has 0 unspecified atom stereocenters. The smallest absolute Gasteiger partial charge is 0.231 e. The lowest BCUT2D eigenvalue weighted by molar-refractivity contribution is 0.653. The van der Waals surface area contributed by atoms with Crippen molar-refractivity contribution in [3.63, 3.8) is 0 Å². The molecule has 62 heavy (non-hydrogen) atoms. The zero-order valence-electron chi connectivity index (χ0n) is 33.1. The molecule has 0 aliphatic carbocycles. The van der Waals surface area contributed by atoms with Crippen LogP contribution in [-0.2, 0) is 0 Å². The summed E-state index contributed by atoms with van der Waals surface area (Å²) in [5, 5.41) is 3.92. The second kappa shape index (κ2) is 14.6. The lowest BCUT2D eigenvalue weighted by atomic mass is 9.95. The van der Waals surface area contributed by atoms with Gasteiger partial charge in [-0.2, -0.15) is 4.98 Å². The second-order valence-electron chi connectivity index (χ2n) is 15.2. The van der Waals surface area contributed by atoms with Gasteiger partial charge in [-0.05, 0) is 58.7 Å². The summed E-state index contributed by atoms with van der Waals surface area (Å²) in [5.41, 5.74) is 12.6. The van der Waals surface area contributed by atoms with E-state index in [0.717, 1.165) is 94.1 Å². The molecule has 0 bridgehead atoms. The number of aromatic nitrogens is 5. The van der Waals surface area contributed by atoms with E-state index in [1.807, 2.05) is 127 Å². The lowest BCUT2D eigenvalue weighted by Crippen LogP contribution is -2.00. The predicted molar refractivity (Wildman–Crippen MR) is 248 cm³/mol. The topological polar surface area (TPSA) is 90.7 Å². The van der Waals surface area contributed by atoms with Gasteiger partial charge in [0.2, 0.25) is 5.71 Å². The van der Waals surface area contributed by atoms with Crippen LogP contribution in [0, 0.1) is 0 Å². The molecule has 7 nitrogen and oxygen atoms in total. The van der Waals surface area contributed by atoms with Gasteiger partial charge in [0.15, 0.2) is 23.3 Å². The summed E-state index contributed by atoms with van der Waals surface area (Å²) in [6.45, 7) is 0. The average Bonchev–Trinajstić information content (AvgIpc) is 3.92. The van der Waals surface area contributed by atoms with E-state index in [1.165, 1.54) is 0 Å². The van der Waals surface area contributed by atoms with E-state index < -0.39 is 0 Å². The molecule has 0 atom stereocenters. The highest BCUT2D eigenvalue weighted by Crippen LogP contribution is 2.41. The highest BCUT2D eigenvalue weighted by molar-refractivity contribution is 6.14. The van der Waals surface area contributed by atoms with Crippen LogP contribution in [0.15, 0.2) is 209 Å². The van der Waals surface area contributed by atoms with E-state index in [1.54, 1.807) is 0 Å². The maximum absolute atomic E-state index is 6.59. The molecule has 4 aromatic heterocycles. The van der Waals surface area contributed by atoms with Gasteiger partial charge in [0, 0.05) is 44.0 Å². The second-order valence-corrected chi connectivity index (χ2v) is 15.2. The van der Waals surface area contributed by atoms with Gasteiger partial charge < -0.3 is 8.83 Å². The third kappa shape index (κ3) is 6.19. The van der Waals surface area contributed by atoms with Gasteiger partial charge in [0.25, 0.3) is 0 Å². The molecule has 0 N–H and O–H groups in total. The van der Waals surface area contributed by atoms with Crippen LogP contribution in [0.4, 0.5) is 0 Å². The van der Waals surface area contributed by atoms with Gasteiger partial charge in [-0.15, -0.1) is 0 Å².